The maximum Gasteiger partial charge on any atom is 0.226 e. The van der Waals surface area contributed by atoms with Crippen molar-refractivity contribution in [2.75, 3.05) is 27.7 Å². The van der Waals surface area contributed by atoms with Crippen molar-refractivity contribution < 1.29 is 9.26 Å². The van der Waals surface area contributed by atoms with E-state index in [1.54, 1.807) is 25.5 Å². The molecule has 1 N–H and O–H groups in total. The quantitative estimate of drug-likeness (QED) is 0.397. The van der Waals surface area contributed by atoms with Gasteiger partial charge >= 0.3 is 0 Å². The van der Waals surface area contributed by atoms with Gasteiger partial charge in [-0.1, -0.05) is 19.0 Å². The maximum absolute atomic E-state index is 5.32. The van der Waals surface area contributed by atoms with Gasteiger partial charge in [0.15, 0.2) is 11.8 Å². The highest BCUT2D eigenvalue weighted by Gasteiger charge is 2.13. The van der Waals surface area contributed by atoms with Crippen LogP contribution in [0.5, 0.6) is 0 Å². The number of aromatic nitrogens is 3. The lowest BCUT2D eigenvalue weighted by atomic mass is 10.2. The fourth-order valence-corrected chi connectivity index (χ4v) is 3.27. The number of rotatable bonds is 9. The lowest BCUT2D eigenvalue weighted by molar-refractivity contribution is 0.119. The highest BCUT2D eigenvalue weighted by molar-refractivity contribution is 7.09. The van der Waals surface area contributed by atoms with E-state index in [1.165, 1.54) is 0 Å². The van der Waals surface area contributed by atoms with Gasteiger partial charge in [0.1, 0.15) is 11.1 Å². The van der Waals surface area contributed by atoms with E-state index in [1.807, 2.05) is 14.0 Å². The molecule has 1 unspecified atom stereocenters. The summed E-state index contributed by atoms with van der Waals surface area (Å²) >= 11 is 1.62. The van der Waals surface area contributed by atoms with Crippen molar-refractivity contribution in [1.29, 1.82) is 0 Å². The molecule has 2 rings (SSSR count). The fourth-order valence-electron chi connectivity index (χ4n) is 2.43. The van der Waals surface area contributed by atoms with Gasteiger partial charge in [-0.25, -0.2) is 4.98 Å². The zero-order valence-corrected chi connectivity index (χ0v) is 17.8. The zero-order chi connectivity index (χ0) is 19.8. The lowest BCUT2D eigenvalue weighted by Gasteiger charge is -2.21. The van der Waals surface area contributed by atoms with Gasteiger partial charge in [-0.05, 0) is 13.3 Å². The van der Waals surface area contributed by atoms with Crippen LogP contribution in [-0.2, 0) is 17.7 Å². The molecule has 2 aromatic rings. The summed E-state index contributed by atoms with van der Waals surface area (Å²) in [5, 5.41) is 10.4. The number of nitrogens with one attached hydrogen (secondary N) is 1. The molecule has 0 aromatic carbocycles. The Morgan fingerprint density at radius 1 is 1.37 bits per heavy atom. The van der Waals surface area contributed by atoms with Crippen molar-refractivity contribution in [1.82, 2.24) is 25.3 Å². The van der Waals surface area contributed by atoms with E-state index in [0.717, 1.165) is 41.9 Å². The van der Waals surface area contributed by atoms with Crippen molar-refractivity contribution in [3.63, 3.8) is 0 Å². The summed E-state index contributed by atoms with van der Waals surface area (Å²) < 4.78 is 10.6. The van der Waals surface area contributed by atoms with Gasteiger partial charge < -0.3 is 19.5 Å². The molecule has 9 heteroatoms. The van der Waals surface area contributed by atoms with E-state index in [0.29, 0.717) is 12.4 Å². The Balaban J connectivity index is 1.77. The molecule has 8 nitrogen and oxygen atoms in total. The Morgan fingerprint density at radius 3 is 2.78 bits per heavy atom. The van der Waals surface area contributed by atoms with Crippen LogP contribution in [0, 0.1) is 0 Å². The maximum atomic E-state index is 5.32. The van der Waals surface area contributed by atoms with Crippen molar-refractivity contribution in [3.05, 3.63) is 27.8 Å². The van der Waals surface area contributed by atoms with E-state index < -0.39 is 0 Å². The summed E-state index contributed by atoms with van der Waals surface area (Å²) in [6.07, 6.45) is 1.66. The molecule has 0 aliphatic heterocycles. The van der Waals surface area contributed by atoms with Crippen molar-refractivity contribution in [2.24, 2.45) is 4.99 Å². The first-order chi connectivity index (χ1) is 12.9. The van der Waals surface area contributed by atoms with Gasteiger partial charge in [0.2, 0.25) is 5.89 Å². The number of guanidine groups is 1. The summed E-state index contributed by atoms with van der Waals surface area (Å²) in [7, 11) is 5.48. The monoisotopic (exact) mass is 394 g/mol. The minimum atomic E-state index is 0.0207. The van der Waals surface area contributed by atoms with Crippen LogP contribution in [0.15, 0.2) is 14.9 Å². The van der Waals surface area contributed by atoms with Crippen LogP contribution in [0.3, 0.4) is 0 Å². The summed E-state index contributed by atoms with van der Waals surface area (Å²) in [5.74, 6) is 2.56. The second kappa shape index (κ2) is 10.4. The second-order valence-corrected chi connectivity index (χ2v) is 7.58. The molecule has 150 valence electrons. The molecule has 0 aliphatic carbocycles. The molecule has 0 saturated carbocycles. The smallest absolute Gasteiger partial charge is 0.226 e. The van der Waals surface area contributed by atoms with E-state index in [2.05, 4.69) is 49.6 Å². The minimum absolute atomic E-state index is 0.0207. The van der Waals surface area contributed by atoms with E-state index in [9.17, 15) is 0 Å². The number of thiazole rings is 1. The predicted octanol–water partition coefficient (Wildman–Crippen LogP) is 3.00. The standard InChI is InChI=1S/C18H30N6O2S/c1-12(2)16-22-15(26-23-16)8-7-9-20-18(19-4)24(5)10-14-11-27-17(21-14)13(3)25-6/h11-13H,7-10H2,1-6H3,(H,19,20). The van der Waals surface area contributed by atoms with Gasteiger partial charge in [0.05, 0.1) is 12.2 Å². The van der Waals surface area contributed by atoms with Gasteiger partial charge in [-0.15, -0.1) is 11.3 Å². The fraction of sp³-hybridized carbons (Fsp3) is 0.667. The first-order valence-electron chi connectivity index (χ1n) is 9.16. The third-order valence-electron chi connectivity index (χ3n) is 4.09. The SMILES string of the molecule is CN=C(NCCCc1nc(C(C)C)no1)N(C)Cc1csc(C(C)OC)n1. The molecule has 0 radical (unpaired) electrons. The largest absolute Gasteiger partial charge is 0.375 e. The molecule has 27 heavy (non-hydrogen) atoms. The van der Waals surface area contributed by atoms with Crippen LogP contribution >= 0.6 is 11.3 Å². The number of hydrogen-bond donors (Lipinski definition) is 1. The lowest BCUT2D eigenvalue weighted by Crippen LogP contribution is -2.39. The molecule has 0 bridgehead atoms. The molecule has 2 aromatic heterocycles. The molecular formula is C18H30N6O2S. The van der Waals surface area contributed by atoms with E-state index in [4.69, 9.17) is 9.26 Å². The van der Waals surface area contributed by atoms with E-state index >= 15 is 0 Å². The third-order valence-corrected chi connectivity index (χ3v) is 5.15. The molecule has 0 spiro atoms. The number of aliphatic imine (C=N–C) groups is 1. The number of hydrogen-bond acceptors (Lipinski definition) is 7. The Labute approximate surface area is 165 Å². The Morgan fingerprint density at radius 2 is 2.15 bits per heavy atom. The molecular weight excluding hydrogens is 364 g/mol. The summed E-state index contributed by atoms with van der Waals surface area (Å²) in [6, 6.07) is 0. The molecule has 0 saturated heterocycles. The van der Waals surface area contributed by atoms with Crippen LogP contribution in [0.25, 0.3) is 0 Å². The zero-order valence-electron chi connectivity index (χ0n) is 17.0. The third kappa shape index (κ3) is 6.28. The Hall–Kier alpha value is -2.00. The minimum Gasteiger partial charge on any atom is -0.375 e. The van der Waals surface area contributed by atoms with Crippen LogP contribution in [0.2, 0.25) is 0 Å². The Kier molecular flexibility index (Phi) is 8.18. The summed E-state index contributed by atoms with van der Waals surface area (Å²) in [6.45, 7) is 7.57. The van der Waals surface area contributed by atoms with Crippen LogP contribution < -0.4 is 5.32 Å². The summed E-state index contributed by atoms with van der Waals surface area (Å²) in [4.78, 5) is 15.4. The predicted molar refractivity (Wildman–Crippen MR) is 107 cm³/mol. The average Bonchev–Trinajstić information content (AvgIpc) is 3.30. The number of ether oxygens (including phenoxy) is 1. The molecule has 0 amide bonds. The van der Waals surface area contributed by atoms with Crippen molar-refractivity contribution in [3.8, 4) is 0 Å². The first-order valence-corrected chi connectivity index (χ1v) is 10.0. The molecule has 0 fully saturated rings. The van der Waals surface area contributed by atoms with Gasteiger partial charge in [-0.3, -0.25) is 4.99 Å². The van der Waals surface area contributed by atoms with Crippen LogP contribution in [-0.4, -0.2) is 53.7 Å². The molecule has 0 aliphatic rings. The highest BCUT2D eigenvalue weighted by atomic mass is 32.1. The normalized spacial score (nSPS) is 13.2. The molecule has 2 heterocycles. The van der Waals surface area contributed by atoms with Crippen molar-refractivity contribution in [2.45, 2.75) is 52.2 Å². The van der Waals surface area contributed by atoms with E-state index in [-0.39, 0.29) is 12.0 Å². The highest BCUT2D eigenvalue weighted by Crippen LogP contribution is 2.20. The van der Waals surface area contributed by atoms with Crippen LogP contribution in [0.4, 0.5) is 0 Å². The summed E-state index contributed by atoms with van der Waals surface area (Å²) in [5.41, 5.74) is 1.01. The van der Waals surface area contributed by atoms with Crippen LogP contribution in [0.1, 0.15) is 61.6 Å². The topological polar surface area (TPSA) is 88.7 Å². The number of methoxy groups -OCH3 is 1. The second-order valence-electron chi connectivity index (χ2n) is 6.69. The molecule has 1 atom stereocenters. The van der Waals surface area contributed by atoms with Crippen molar-refractivity contribution >= 4 is 17.3 Å². The Bertz CT molecular complexity index is 727. The first kappa shape index (κ1) is 21.3. The van der Waals surface area contributed by atoms with Gasteiger partial charge in [-0.2, -0.15) is 4.98 Å². The average molecular weight is 395 g/mol. The number of nitrogens with zero attached hydrogens (tertiary/aromatic N) is 5. The van der Waals surface area contributed by atoms with Gasteiger partial charge in [0, 0.05) is 45.5 Å². The number of aryl methyl sites for hydroxylation is 1. The van der Waals surface area contributed by atoms with Gasteiger partial charge in [0.25, 0.3) is 0 Å².